The van der Waals surface area contributed by atoms with E-state index in [4.69, 9.17) is 15.2 Å². The first-order chi connectivity index (χ1) is 9.20. The molecule has 1 aliphatic heterocycles. The van der Waals surface area contributed by atoms with Crippen LogP contribution in [0.3, 0.4) is 0 Å². The number of hydrogen-bond acceptors (Lipinski definition) is 4. The number of nitrogens with two attached hydrogens (primary N) is 1. The van der Waals surface area contributed by atoms with Crippen molar-refractivity contribution in [3.8, 4) is 11.5 Å². The highest BCUT2D eigenvalue weighted by molar-refractivity contribution is 7.99. The van der Waals surface area contributed by atoms with Crippen LogP contribution >= 0.6 is 11.8 Å². The quantitative estimate of drug-likeness (QED) is 0.851. The van der Waals surface area contributed by atoms with Gasteiger partial charge < -0.3 is 15.2 Å². The van der Waals surface area contributed by atoms with Gasteiger partial charge in [0, 0.05) is 15.5 Å². The Balaban J connectivity index is 1.86. The molecule has 0 aromatic heterocycles. The summed E-state index contributed by atoms with van der Waals surface area (Å²) in [6, 6.07) is 12.1. The van der Waals surface area contributed by atoms with E-state index < -0.39 is 0 Å². The highest BCUT2D eigenvalue weighted by Gasteiger charge is 2.12. The summed E-state index contributed by atoms with van der Waals surface area (Å²) in [5, 5.41) is 0. The van der Waals surface area contributed by atoms with E-state index in [-0.39, 0.29) is 0 Å². The smallest absolute Gasteiger partial charge is 0.162 e. The van der Waals surface area contributed by atoms with Crippen LogP contribution in [0.4, 0.5) is 5.69 Å². The molecule has 2 N–H and O–H groups in total. The molecule has 4 heteroatoms. The number of hydrogen-bond donors (Lipinski definition) is 1. The van der Waals surface area contributed by atoms with Crippen molar-refractivity contribution in [3.63, 3.8) is 0 Å². The van der Waals surface area contributed by atoms with Gasteiger partial charge in [0.25, 0.3) is 0 Å². The number of anilines is 1. The maximum absolute atomic E-state index is 5.87. The number of nitrogen functional groups attached to an aromatic ring is 1. The maximum atomic E-state index is 5.87. The molecule has 3 rings (SSSR count). The van der Waals surface area contributed by atoms with E-state index in [1.54, 1.807) is 11.8 Å². The van der Waals surface area contributed by atoms with Gasteiger partial charge >= 0.3 is 0 Å². The standard InChI is InChI=1S/C15H15NO2S/c1-10-6-11(16)8-13(7-10)19-12-2-3-14-15(9-12)18-5-4-17-14/h2-3,6-9H,4-5,16H2,1H3. The van der Waals surface area contributed by atoms with Crippen LogP contribution in [-0.2, 0) is 0 Å². The van der Waals surface area contributed by atoms with Crippen LogP contribution < -0.4 is 15.2 Å². The lowest BCUT2D eigenvalue weighted by Gasteiger charge is -2.18. The number of rotatable bonds is 2. The zero-order valence-electron chi connectivity index (χ0n) is 10.7. The molecule has 1 heterocycles. The number of fused-ring (bicyclic) bond motifs is 1. The molecule has 0 saturated heterocycles. The summed E-state index contributed by atoms with van der Waals surface area (Å²) in [5.74, 6) is 1.64. The second kappa shape index (κ2) is 5.05. The molecule has 0 atom stereocenters. The van der Waals surface area contributed by atoms with Crippen LogP contribution in [0, 0.1) is 6.92 Å². The lowest BCUT2D eigenvalue weighted by molar-refractivity contribution is 0.171. The Morgan fingerprint density at radius 1 is 0.947 bits per heavy atom. The van der Waals surface area contributed by atoms with Gasteiger partial charge in [0.1, 0.15) is 13.2 Å². The monoisotopic (exact) mass is 273 g/mol. The summed E-state index contributed by atoms with van der Waals surface area (Å²) in [7, 11) is 0. The Morgan fingerprint density at radius 2 is 1.74 bits per heavy atom. The lowest BCUT2D eigenvalue weighted by atomic mass is 10.2. The largest absolute Gasteiger partial charge is 0.486 e. The molecule has 0 radical (unpaired) electrons. The van der Waals surface area contributed by atoms with Gasteiger partial charge in [0.15, 0.2) is 11.5 Å². The van der Waals surface area contributed by atoms with Crippen LogP contribution in [0.5, 0.6) is 11.5 Å². The van der Waals surface area contributed by atoms with Crippen LogP contribution in [0.15, 0.2) is 46.2 Å². The zero-order valence-corrected chi connectivity index (χ0v) is 11.5. The molecule has 2 aromatic rings. The molecule has 1 aliphatic rings. The van der Waals surface area contributed by atoms with Gasteiger partial charge in [-0.15, -0.1) is 0 Å². The fraction of sp³-hybridized carbons (Fsp3) is 0.200. The maximum Gasteiger partial charge on any atom is 0.162 e. The normalized spacial score (nSPS) is 13.3. The Bertz CT molecular complexity index is 593. The molecular formula is C15H15NO2S. The second-order valence-electron chi connectivity index (χ2n) is 4.49. The summed E-state index contributed by atoms with van der Waals surface area (Å²) in [5.41, 5.74) is 7.82. The highest BCUT2D eigenvalue weighted by Crippen LogP contribution is 2.37. The second-order valence-corrected chi connectivity index (χ2v) is 5.63. The molecule has 19 heavy (non-hydrogen) atoms. The zero-order chi connectivity index (χ0) is 13.2. The van der Waals surface area contributed by atoms with Crippen molar-refractivity contribution in [2.45, 2.75) is 16.7 Å². The van der Waals surface area contributed by atoms with E-state index in [1.807, 2.05) is 37.3 Å². The Morgan fingerprint density at radius 3 is 2.53 bits per heavy atom. The Kier molecular flexibility index (Phi) is 3.25. The van der Waals surface area contributed by atoms with Crippen molar-refractivity contribution in [1.29, 1.82) is 0 Å². The molecule has 0 saturated carbocycles. The van der Waals surface area contributed by atoms with Crippen LogP contribution in [0.2, 0.25) is 0 Å². The van der Waals surface area contributed by atoms with E-state index in [0.717, 1.165) is 27.0 Å². The van der Waals surface area contributed by atoms with Gasteiger partial charge in [0.05, 0.1) is 0 Å². The predicted octanol–water partition coefficient (Wildman–Crippen LogP) is 3.50. The van der Waals surface area contributed by atoms with Crippen molar-refractivity contribution in [1.82, 2.24) is 0 Å². The van der Waals surface area contributed by atoms with Crippen molar-refractivity contribution < 1.29 is 9.47 Å². The minimum atomic E-state index is 0.610. The highest BCUT2D eigenvalue weighted by atomic mass is 32.2. The predicted molar refractivity (Wildman–Crippen MR) is 77.1 cm³/mol. The summed E-state index contributed by atoms with van der Waals surface area (Å²) in [6.45, 7) is 3.27. The number of benzene rings is 2. The fourth-order valence-corrected chi connectivity index (χ4v) is 3.07. The summed E-state index contributed by atoms with van der Waals surface area (Å²) in [6.07, 6.45) is 0. The summed E-state index contributed by atoms with van der Waals surface area (Å²) in [4.78, 5) is 2.25. The fourth-order valence-electron chi connectivity index (χ4n) is 2.06. The van der Waals surface area contributed by atoms with E-state index in [2.05, 4.69) is 6.07 Å². The van der Waals surface area contributed by atoms with Crippen LogP contribution in [-0.4, -0.2) is 13.2 Å². The van der Waals surface area contributed by atoms with E-state index in [1.165, 1.54) is 5.56 Å². The van der Waals surface area contributed by atoms with Gasteiger partial charge in [0.2, 0.25) is 0 Å². The van der Waals surface area contributed by atoms with E-state index >= 15 is 0 Å². The average Bonchev–Trinajstić information content (AvgIpc) is 2.37. The molecular weight excluding hydrogens is 258 g/mol. The van der Waals surface area contributed by atoms with Crippen molar-refractivity contribution in [3.05, 3.63) is 42.0 Å². The third-order valence-corrected chi connectivity index (χ3v) is 3.78. The average molecular weight is 273 g/mol. The van der Waals surface area contributed by atoms with Crippen LogP contribution in [0.1, 0.15) is 5.56 Å². The topological polar surface area (TPSA) is 44.5 Å². The SMILES string of the molecule is Cc1cc(N)cc(Sc2ccc3c(c2)OCCO3)c1. The first-order valence-corrected chi connectivity index (χ1v) is 6.97. The Labute approximate surface area is 116 Å². The molecule has 3 nitrogen and oxygen atoms in total. The molecule has 0 aliphatic carbocycles. The summed E-state index contributed by atoms with van der Waals surface area (Å²) < 4.78 is 11.1. The van der Waals surface area contributed by atoms with Crippen molar-refractivity contribution in [2.24, 2.45) is 0 Å². The van der Waals surface area contributed by atoms with Crippen molar-refractivity contribution in [2.75, 3.05) is 18.9 Å². The van der Waals surface area contributed by atoms with E-state index in [9.17, 15) is 0 Å². The molecule has 0 amide bonds. The molecule has 0 fully saturated rings. The number of aryl methyl sites for hydroxylation is 1. The van der Waals surface area contributed by atoms with Crippen LogP contribution in [0.25, 0.3) is 0 Å². The van der Waals surface area contributed by atoms with Gasteiger partial charge in [-0.2, -0.15) is 0 Å². The van der Waals surface area contributed by atoms with Gasteiger partial charge in [-0.05, 0) is 48.9 Å². The van der Waals surface area contributed by atoms with Gasteiger partial charge in [-0.1, -0.05) is 11.8 Å². The first-order valence-electron chi connectivity index (χ1n) is 6.15. The van der Waals surface area contributed by atoms with E-state index in [0.29, 0.717) is 13.2 Å². The minimum absolute atomic E-state index is 0.610. The minimum Gasteiger partial charge on any atom is -0.486 e. The summed E-state index contributed by atoms with van der Waals surface area (Å²) >= 11 is 1.67. The van der Waals surface area contributed by atoms with Gasteiger partial charge in [-0.25, -0.2) is 0 Å². The molecule has 98 valence electrons. The van der Waals surface area contributed by atoms with Crippen molar-refractivity contribution >= 4 is 17.4 Å². The third-order valence-electron chi connectivity index (χ3n) is 2.82. The lowest BCUT2D eigenvalue weighted by Crippen LogP contribution is -2.15. The molecule has 0 unspecified atom stereocenters. The number of ether oxygens (including phenoxy) is 2. The van der Waals surface area contributed by atoms with Gasteiger partial charge in [-0.3, -0.25) is 0 Å². The molecule has 0 bridgehead atoms. The molecule has 0 spiro atoms. The third kappa shape index (κ3) is 2.79. The first kappa shape index (κ1) is 12.2. The Hall–Kier alpha value is -1.81. The molecule has 2 aromatic carbocycles.